The van der Waals surface area contributed by atoms with E-state index in [2.05, 4.69) is 0 Å². The summed E-state index contributed by atoms with van der Waals surface area (Å²) in [4.78, 5) is 17.9. The molecule has 0 atom stereocenters. The van der Waals surface area contributed by atoms with E-state index < -0.39 is 7.60 Å². The Morgan fingerprint density at radius 2 is 1.73 bits per heavy atom. The molecule has 0 aliphatic rings. The van der Waals surface area contributed by atoms with Gasteiger partial charge < -0.3 is 9.79 Å². The smallest absolute Gasteiger partial charge is 0.324 e. The van der Waals surface area contributed by atoms with Gasteiger partial charge in [0.05, 0.1) is 6.16 Å². The Balaban J connectivity index is 3.14. The number of rotatable bonds is 2. The molecule has 1 rings (SSSR count). The summed E-state index contributed by atoms with van der Waals surface area (Å²) < 4.78 is 11.0. The second-order valence-electron chi connectivity index (χ2n) is 4.73. The van der Waals surface area contributed by atoms with E-state index in [1.807, 2.05) is 32.9 Å². The van der Waals surface area contributed by atoms with Crippen molar-refractivity contribution in [3.05, 3.63) is 35.4 Å². The highest BCUT2D eigenvalue weighted by molar-refractivity contribution is 7.50. The van der Waals surface area contributed by atoms with Crippen LogP contribution in [0.25, 0.3) is 0 Å². The van der Waals surface area contributed by atoms with Crippen molar-refractivity contribution < 1.29 is 14.4 Å². The van der Waals surface area contributed by atoms with Crippen molar-refractivity contribution in [3.8, 4) is 0 Å². The van der Waals surface area contributed by atoms with Gasteiger partial charge in [-0.3, -0.25) is 4.57 Å². The van der Waals surface area contributed by atoms with Gasteiger partial charge in [-0.15, -0.1) is 0 Å². The Morgan fingerprint density at radius 3 is 2.20 bits per heavy atom. The molecule has 0 aromatic heterocycles. The average Bonchev–Trinajstić information content (AvgIpc) is 1.99. The summed E-state index contributed by atoms with van der Waals surface area (Å²) in [5, 5.41) is 0. The lowest BCUT2D eigenvalue weighted by Gasteiger charge is -2.23. The first-order valence-corrected chi connectivity index (χ1v) is 6.63. The Labute approximate surface area is 90.3 Å². The van der Waals surface area contributed by atoms with Gasteiger partial charge >= 0.3 is 7.60 Å². The molecule has 0 aliphatic carbocycles. The van der Waals surface area contributed by atoms with E-state index in [4.69, 9.17) is 9.79 Å². The lowest BCUT2D eigenvalue weighted by Crippen LogP contribution is -2.14. The third kappa shape index (κ3) is 3.78. The minimum Gasteiger partial charge on any atom is -0.324 e. The molecule has 0 unspecified atom stereocenters. The third-order valence-electron chi connectivity index (χ3n) is 2.20. The normalized spacial score (nSPS) is 12.9. The zero-order valence-corrected chi connectivity index (χ0v) is 10.2. The summed E-state index contributed by atoms with van der Waals surface area (Å²) in [5.74, 6) is 0. The fraction of sp³-hybridized carbons (Fsp3) is 0.455. The predicted molar refractivity (Wildman–Crippen MR) is 60.9 cm³/mol. The van der Waals surface area contributed by atoms with Crippen molar-refractivity contribution in [2.75, 3.05) is 0 Å². The third-order valence-corrected chi connectivity index (χ3v) is 2.95. The Morgan fingerprint density at radius 1 is 1.20 bits per heavy atom. The molecule has 84 valence electrons. The van der Waals surface area contributed by atoms with Crippen molar-refractivity contribution in [1.82, 2.24) is 0 Å². The maximum absolute atomic E-state index is 11.0. The van der Waals surface area contributed by atoms with E-state index in [1.54, 1.807) is 12.1 Å². The zero-order chi connectivity index (χ0) is 11.7. The van der Waals surface area contributed by atoms with Crippen molar-refractivity contribution in [3.63, 3.8) is 0 Å². The highest BCUT2D eigenvalue weighted by atomic mass is 31.2. The largest absolute Gasteiger partial charge is 0.329 e. The van der Waals surface area contributed by atoms with Gasteiger partial charge in [-0.25, -0.2) is 0 Å². The molecule has 0 aliphatic heterocycles. The molecular weight excluding hydrogens is 211 g/mol. The van der Waals surface area contributed by atoms with E-state index in [0.29, 0.717) is 0 Å². The minimum atomic E-state index is -3.98. The van der Waals surface area contributed by atoms with Crippen LogP contribution in [0.4, 0.5) is 0 Å². The standard InChI is InChI=1S/C11H17O3P/c1-11(2,3)10-7-5-4-6-9(10)8-15(12,13)14/h4-7H,8H2,1-3H3,(H2,12,13,14). The predicted octanol–water partition coefficient (Wildman–Crippen LogP) is 2.66. The molecule has 1 aromatic rings. The summed E-state index contributed by atoms with van der Waals surface area (Å²) in [5.41, 5.74) is 1.64. The lowest BCUT2D eigenvalue weighted by molar-refractivity contribution is 0.371. The minimum absolute atomic E-state index is 0.0915. The molecule has 0 amide bonds. The highest BCUT2D eigenvalue weighted by Gasteiger charge is 2.22. The summed E-state index contributed by atoms with van der Waals surface area (Å²) in [7, 11) is -3.98. The van der Waals surface area contributed by atoms with Gasteiger partial charge in [0, 0.05) is 0 Å². The SMILES string of the molecule is CC(C)(C)c1ccccc1CP(=O)(O)O. The van der Waals surface area contributed by atoms with E-state index in [-0.39, 0.29) is 11.6 Å². The van der Waals surface area contributed by atoms with Crippen LogP contribution in [0.5, 0.6) is 0 Å². The molecule has 1 aromatic carbocycles. The Bertz CT molecular complexity index is 387. The maximum atomic E-state index is 11.0. The topological polar surface area (TPSA) is 57.5 Å². The number of hydrogen-bond donors (Lipinski definition) is 2. The maximum Gasteiger partial charge on any atom is 0.329 e. The molecular formula is C11H17O3P. The molecule has 0 saturated heterocycles. The van der Waals surface area contributed by atoms with E-state index in [9.17, 15) is 4.57 Å². The average molecular weight is 228 g/mol. The molecule has 4 heteroatoms. The molecule has 0 spiro atoms. The highest BCUT2D eigenvalue weighted by Crippen LogP contribution is 2.41. The molecule has 0 heterocycles. The summed E-state index contributed by atoms with van der Waals surface area (Å²) in [6, 6.07) is 7.40. The van der Waals surface area contributed by atoms with Crippen LogP contribution in [0.15, 0.2) is 24.3 Å². The molecule has 0 bridgehead atoms. The molecule has 2 N–H and O–H groups in total. The second-order valence-corrected chi connectivity index (χ2v) is 6.38. The fourth-order valence-electron chi connectivity index (χ4n) is 1.61. The second kappa shape index (κ2) is 4.09. The van der Waals surface area contributed by atoms with Crippen LogP contribution >= 0.6 is 7.60 Å². The Kier molecular flexibility index (Phi) is 3.39. The van der Waals surface area contributed by atoms with Gasteiger partial charge in [-0.05, 0) is 16.5 Å². The first-order chi connectivity index (χ1) is 6.70. The van der Waals surface area contributed by atoms with Crippen LogP contribution in [0.1, 0.15) is 31.9 Å². The van der Waals surface area contributed by atoms with Crippen LogP contribution in [0, 0.1) is 0 Å². The summed E-state index contributed by atoms with van der Waals surface area (Å²) in [6.07, 6.45) is -0.180. The van der Waals surface area contributed by atoms with Crippen molar-refractivity contribution in [2.45, 2.75) is 32.3 Å². The van der Waals surface area contributed by atoms with Crippen LogP contribution in [-0.4, -0.2) is 9.79 Å². The molecule has 0 fully saturated rings. The van der Waals surface area contributed by atoms with Gasteiger partial charge in [-0.2, -0.15) is 0 Å². The quantitative estimate of drug-likeness (QED) is 0.765. The van der Waals surface area contributed by atoms with Gasteiger partial charge in [0.25, 0.3) is 0 Å². The molecule has 0 saturated carbocycles. The zero-order valence-electron chi connectivity index (χ0n) is 9.27. The number of benzene rings is 1. The number of hydrogen-bond acceptors (Lipinski definition) is 1. The van der Waals surface area contributed by atoms with Crippen LogP contribution < -0.4 is 0 Å². The van der Waals surface area contributed by atoms with E-state index in [0.717, 1.165) is 11.1 Å². The Hall–Kier alpha value is -0.630. The molecule has 0 radical (unpaired) electrons. The van der Waals surface area contributed by atoms with Crippen molar-refractivity contribution >= 4 is 7.60 Å². The van der Waals surface area contributed by atoms with Gasteiger partial charge in [0.2, 0.25) is 0 Å². The fourth-order valence-corrected chi connectivity index (χ4v) is 2.33. The van der Waals surface area contributed by atoms with Crippen LogP contribution in [-0.2, 0) is 16.1 Å². The van der Waals surface area contributed by atoms with Crippen molar-refractivity contribution in [1.29, 1.82) is 0 Å². The molecule has 3 nitrogen and oxygen atoms in total. The first kappa shape index (κ1) is 12.4. The van der Waals surface area contributed by atoms with E-state index in [1.165, 1.54) is 0 Å². The van der Waals surface area contributed by atoms with Gasteiger partial charge in [0.15, 0.2) is 0 Å². The summed E-state index contributed by atoms with van der Waals surface area (Å²) in [6.45, 7) is 6.10. The monoisotopic (exact) mass is 228 g/mol. The van der Waals surface area contributed by atoms with Gasteiger partial charge in [-0.1, -0.05) is 45.0 Å². The summed E-state index contributed by atoms with van der Waals surface area (Å²) >= 11 is 0. The van der Waals surface area contributed by atoms with Crippen LogP contribution in [0.3, 0.4) is 0 Å². The van der Waals surface area contributed by atoms with Crippen LogP contribution in [0.2, 0.25) is 0 Å². The van der Waals surface area contributed by atoms with Crippen molar-refractivity contribution in [2.24, 2.45) is 0 Å². The van der Waals surface area contributed by atoms with Gasteiger partial charge in [0.1, 0.15) is 0 Å². The lowest BCUT2D eigenvalue weighted by atomic mass is 9.84. The molecule has 15 heavy (non-hydrogen) atoms. The van der Waals surface area contributed by atoms with E-state index >= 15 is 0 Å². The first-order valence-electron chi connectivity index (χ1n) is 4.83.